The van der Waals surface area contributed by atoms with Gasteiger partial charge in [0.2, 0.25) is 0 Å². The van der Waals surface area contributed by atoms with E-state index in [0.717, 1.165) is 6.54 Å². The van der Waals surface area contributed by atoms with E-state index in [1.165, 1.54) is 11.1 Å². The maximum atomic E-state index is 2.31. The van der Waals surface area contributed by atoms with Crippen molar-refractivity contribution in [1.82, 2.24) is 4.90 Å². The van der Waals surface area contributed by atoms with Gasteiger partial charge in [-0.05, 0) is 51.6 Å². The van der Waals surface area contributed by atoms with E-state index in [-0.39, 0.29) is 0 Å². The van der Waals surface area contributed by atoms with E-state index in [2.05, 4.69) is 46.7 Å². The van der Waals surface area contributed by atoms with E-state index in [4.69, 9.17) is 0 Å². The van der Waals surface area contributed by atoms with Crippen LogP contribution in [0.5, 0.6) is 0 Å². The SMILES string of the molecule is CC1=C(C)C(C)C(CN(C)C)=C1C. The number of hydrogen-bond acceptors (Lipinski definition) is 1. The summed E-state index contributed by atoms with van der Waals surface area (Å²) >= 11 is 0. The third-order valence-corrected chi connectivity index (χ3v) is 3.29. The van der Waals surface area contributed by atoms with Gasteiger partial charge in [-0.1, -0.05) is 12.5 Å². The van der Waals surface area contributed by atoms with Gasteiger partial charge in [-0.15, -0.1) is 0 Å². The van der Waals surface area contributed by atoms with Crippen molar-refractivity contribution in [1.29, 1.82) is 0 Å². The van der Waals surface area contributed by atoms with Crippen LogP contribution >= 0.6 is 0 Å². The van der Waals surface area contributed by atoms with Gasteiger partial charge in [0.05, 0.1) is 0 Å². The molecule has 0 bridgehead atoms. The predicted octanol–water partition coefficient (Wildman–Crippen LogP) is 2.85. The number of allylic oxidation sites excluding steroid dienone is 3. The highest BCUT2D eigenvalue weighted by molar-refractivity contribution is 5.47. The molecule has 0 heterocycles. The number of nitrogens with zero attached hydrogens (tertiary/aromatic N) is 1. The summed E-state index contributed by atoms with van der Waals surface area (Å²) in [4.78, 5) is 2.25. The van der Waals surface area contributed by atoms with Gasteiger partial charge < -0.3 is 4.90 Å². The van der Waals surface area contributed by atoms with Gasteiger partial charge in [-0.3, -0.25) is 0 Å². The van der Waals surface area contributed by atoms with E-state index in [1.54, 1.807) is 11.1 Å². The standard InChI is InChI=1S/C12H21N/c1-8-9(2)11(4)12(10(8)3)7-13(5)6/h10H,7H2,1-6H3. The molecule has 0 fully saturated rings. The average Bonchev–Trinajstić information content (AvgIpc) is 2.22. The second kappa shape index (κ2) is 3.67. The van der Waals surface area contributed by atoms with Crippen molar-refractivity contribution < 1.29 is 0 Å². The summed E-state index contributed by atoms with van der Waals surface area (Å²) in [5.41, 5.74) is 6.16. The Morgan fingerprint density at radius 2 is 1.62 bits per heavy atom. The average molecular weight is 179 g/mol. The molecule has 0 aromatic carbocycles. The molecule has 74 valence electrons. The Morgan fingerprint density at radius 1 is 1.08 bits per heavy atom. The monoisotopic (exact) mass is 179 g/mol. The summed E-state index contributed by atoms with van der Waals surface area (Å²) in [5.74, 6) is 0.655. The zero-order chi connectivity index (χ0) is 10.2. The Hall–Kier alpha value is -0.560. The van der Waals surface area contributed by atoms with Crippen molar-refractivity contribution >= 4 is 0 Å². The van der Waals surface area contributed by atoms with Gasteiger partial charge in [0, 0.05) is 12.5 Å². The fourth-order valence-electron chi connectivity index (χ4n) is 2.04. The highest BCUT2D eigenvalue weighted by atomic mass is 15.0. The first-order chi connectivity index (χ1) is 5.95. The molecule has 0 saturated carbocycles. The first-order valence-electron chi connectivity index (χ1n) is 4.97. The Bertz CT molecular complexity index is 269. The molecular weight excluding hydrogens is 158 g/mol. The highest BCUT2D eigenvalue weighted by Crippen LogP contribution is 2.36. The molecule has 1 heteroatoms. The van der Waals surface area contributed by atoms with Crippen LogP contribution in [-0.4, -0.2) is 25.5 Å². The van der Waals surface area contributed by atoms with E-state index < -0.39 is 0 Å². The quantitative estimate of drug-likeness (QED) is 0.630. The smallest absolute Gasteiger partial charge is 0.0198 e. The minimum Gasteiger partial charge on any atom is -0.305 e. The van der Waals surface area contributed by atoms with Crippen molar-refractivity contribution in [2.24, 2.45) is 5.92 Å². The van der Waals surface area contributed by atoms with Crippen molar-refractivity contribution in [3.63, 3.8) is 0 Å². The number of hydrogen-bond donors (Lipinski definition) is 0. The topological polar surface area (TPSA) is 3.24 Å². The van der Waals surface area contributed by atoms with E-state index in [9.17, 15) is 0 Å². The maximum Gasteiger partial charge on any atom is 0.0198 e. The molecule has 0 spiro atoms. The first kappa shape index (κ1) is 10.5. The van der Waals surface area contributed by atoms with Crippen molar-refractivity contribution in [3.05, 3.63) is 22.3 Å². The fraction of sp³-hybridized carbons (Fsp3) is 0.667. The Labute approximate surface area is 82.1 Å². The van der Waals surface area contributed by atoms with Crippen LogP contribution in [0.15, 0.2) is 22.3 Å². The van der Waals surface area contributed by atoms with Gasteiger partial charge in [0.25, 0.3) is 0 Å². The molecule has 0 amide bonds. The molecule has 1 atom stereocenters. The molecule has 0 aliphatic heterocycles. The Morgan fingerprint density at radius 3 is 1.92 bits per heavy atom. The van der Waals surface area contributed by atoms with Crippen LogP contribution in [0.3, 0.4) is 0 Å². The molecule has 13 heavy (non-hydrogen) atoms. The second-order valence-corrected chi connectivity index (χ2v) is 4.42. The molecule has 1 rings (SSSR count). The van der Waals surface area contributed by atoms with Crippen LogP contribution in [0.2, 0.25) is 0 Å². The lowest BCUT2D eigenvalue weighted by atomic mass is 9.98. The van der Waals surface area contributed by atoms with Crippen LogP contribution < -0.4 is 0 Å². The number of likely N-dealkylation sites (N-methyl/N-ethyl adjacent to an activating group) is 1. The molecule has 1 aliphatic carbocycles. The molecule has 0 saturated heterocycles. The molecule has 0 aromatic rings. The first-order valence-corrected chi connectivity index (χ1v) is 4.97. The van der Waals surface area contributed by atoms with Crippen LogP contribution in [0.4, 0.5) is 0 Å². The Kier molecular flexibility index (Phi) is 2.97. The van der Waals surface area contributed by atoms with Crippen LogP contribution in [0.25, 0.3) is 0 Å². The second-order valence-electron chi connectivity index (χ2n) is 4.42. The van der Waals surface area contributed by atoms with Gasteiger partial charge in [0.15, 0.2) is 0 Å². The molecular formula is C12H21N. The molecule has 0 aromatic heterocycles. The molecule has 1 nitrogen and oxygen atoms in total. The van der Waals surface area contributed by atoms with E-state index in [1.807, 2.05) is 0 Å². The minimum atomic E-state index is 0.655. The summed E-state index contributed by atoms with van der Waals surface area (Å²) in [6, 6.07) is 0. The number of rotatable bonds is 2. The molecule has 1 aliphatic rings. The van der Waals surface area contributed by atoms with Gasteiger partial charge in [0.1, 0.15) is 0 Å². The van der Waals surface area contributed by atoms with Crippen LogP contribution in [0.1, 0.15) is 27.7 Å². The zero-order valence-electron chi connectivity index (χ0n) is 9.73. The third kappa shape index (κ3) is 1.86. The fourth-order valence-corrected chi connectivity index (χ4v) is 2.04. The van der Waals surface area contributed by atoms with E-state index in [0.29, 0.717) is 5.92 Å². The normalized spacial score (nSPS) is 23.8. The van der Waals surface area contributed by atoms with Gasteiger partial charge in [-0.2, -0.15) is 0 Å². The summed E-state index contributed by atoms with van der Waals surface area (Å²) < 4.78 is 0. The van der Waals surface area contributed by atoms with Crippen molar-refractivity contribution in [3.8, 4) is 0 Å². The Balaban J connectivity index is 2.90. The van der Waals surface area contributed by atoms with Gasteiger partial charge in [-0.25, -0.2) is 0 Å². The summed E-state index contributed by atoms with van der Waals surface area (Å²) in [6.07, 6.45) is 0. The largest absolute Gasteiger partial charge is 0.305 e. The maximum absolute atomic E-state index is 2.31. The lowest BCUT2D eigenvalue weighted by molar-refractivity contribution is 0.431. The molecule has 0 radical (unpaired) electrons. The zero-order valence-corrected chi connectivity index (χ0v) is 9.73. The third-order valence-electron chi connectivity index (χ3n) is 3.29. The molecule has 0 N–H and O–H groups in total. The van der Waals surface area contributed by atoms with Crippen LogP contribution in [0, 0.1) is 5.92 Å². The van der Waals surface area contributed by atoms with Crippen LogP contribution in [-0.2, 0) is 0 Å². The highest BCUT2D eigenvalue weighted by Gasteiger charge is 2.23. The van der Waals surface area contributed by atoms with E-state index >= 15 is 0 Å². The minimum absolute atomic E-state index is 0.655. The van der Waals surface area contributed by atoms with Crippen molar-refractivity contribution in [2.75, 3.05) is 20.6 Å². The molecule has 1 unspecified atom stereocenters. The summed E-state index contributed by atoms with van der Waals surface area (Å²) in [5, 5.41) is 0. The summed E-state index contributed by atoms with van der Waals surface area (Å²) in [6.45, 7) is 10.2. The van der Waals surface area contributed by atoms with Crippen molar-refractivity contribution in [2.45, 2.75) is 27.7 Å². The predicted molar refractivity (Wildman–Crippen MR) is 58.8 cm³/mol. The lowest BCUT2D eigenvalue weighted by Crippen LogP contribution is -2.18. The van der Waals surface area contributed by atoms with Gasteiger partial charge >= 0.3 is 0 Å². The lowest BCUT2D eigenvalue weighted by Gasteiger charge is -2.17. The summed E-state index contributed by atoms with van der Waals surface area (Å²) in [7, 11) is 4.27.